The van der Waals surface area contributed by atoms with Crippen LogP contribution in [0.1, 0.15) is 5.76 Å². The highest BCUT2D eigenvalue weighted by Gasteiger charge is 2.07. The summed E-state index contributed by atoms with van der Waals surface area (Å²) in [6.45, 7) is 0. The molecule has 0 bridgehead atoms. The number of para-hydroxylation sites is 1. The van der Waals surface area contributed by atoms with Crippen molar-refractivity contribution in [1.82, 2.24) is 4.98 Å². The predicted octanol–water partition coefficient (Wildman–Crippen LogP) is 5.66. The van der Waals surface area contributed by atoms with Crippen LogP contribution in [0.2, 0.25) is 5.02 Å². The average Bonchev–Trinajstić information content (AvgIpc) is 3.22. The Hall–Kier alpha value is -2.63. The SMILES string of the molecule is Clc1ccccc1-c1ccc(/C=N\Nc2nc3ccccc3s2)o1. The van der Waals surface area contributed by atoms with Crippen molar-refractivity contribution in [3.63, 3.8) is 0 Å². The average molecular weight is 354 g/mol. The summed E-state index contributed by atoms with van der Waals surface area (Å²) in [7, 11) is 0. The number of hydrogen-bond donors (Lipinski definition) is 1. The van der Waals surface area contributed by atoms with Crippen molar-refractivity contribution >= 4 is 44.5 Å². The van der Waals surface area contributed by atoms with Crippen LogP contribution in [0.5, 0.6) is 0 Å². The second-order valence-electron chi connectivity index (χ2n) is 5.04. The normalized spacial score (nSPS) is 11.4. The van der Waals surface area contributed by atoms with Crippen LogP contribution in [0.3, 0.4) is 0 Å². The van der Waals surface area contributed by atoms with Crippen LogP contribution in [0.25, 0.3) is 21.5 Å². The topological polar surface area (TPSA) is 50.4 Å². The second-order valence-corrected chi connectivity index (χ2v) is 6.48. The Bertz CT molecular complexity index is 989. The molecule has 0 aliphatic carbocycles. The maximum Gasteiger partial charge on any atom is 0.204 e. The van der Waals surface area contributed by atoms with Gasteiger partial charge in [-0.05, 0) is 36.4 Å². The molecule has 2 aromatic heterocycles. The molecule has 4 aromatic rings. The zero-order valence-electron chi connectivity index (χ0n) is 12.4. The minimum atomic E-state index is 0.638. The maximum atomic E-state index is 6.18. The first-order chi connectivity index (χ1) is 11.8. The van der Waals surface area contributed by atoms with Gasteiger partial charge in [-0.2, -0.15) is 5.10 Å². The van der Waals surface area contributed by atoms with Gasteiger partial charge < -0.3 is 4.42 Å². The molecule has 0 saturated heterocycles. The molecule has 0 spiro atoms. The Morgan fingerprint density at radius 1 is 1.04 bits per heavy atom. The smallest absolute Gasteiger partial charge is 0.204 e. The molecule has 6 heteroatoms. The molecule has 0 atom stereocenters. The zero-order chi connectivity index (χ0) is 16.4. The van der Waals surface area contributed by atoms with Gasteiger partial charge in [-0.15, -0.1) is 0 Å². The molecule has 118 valence electrons. The Morgan fingerprint density at radius 3 is 2.75 bits per heavy atom. The summed E-state index contributed by atoms with van der Waals surface area (Å²) in [5.41, 5.74) is 4.75. The lowest BCUT2D eigenvalue weighted by atomic mass is 10.2. The Morgan fingerprint density at radius 2 is 1.88 bits per heavy atom. The van der Waals surface area contributed by atoms with E-state index in [1.165, 1.54) is 0 Å². The molecule has 0 aliphatic rings. The second kappa shape index (κ2) is 6.47. The molecule has 0 radical (unpaired) electrons. The van der Waals surface area contributed by atoms with Crippen LogP contribution in [-0.4, -0.2) is 11.2 Å². The third-order valence-electron chi connectivity index (χ3n) is 3.41. The fraction of sp³-hybridized carbons (Fsp3) is 0. The van der Waals surface area contributed by atoms with Gasteiger partial charge in [-0.1, -0.05) is 47.2 Å². The van der Waals surface area contributed by atoms with Gasteiger partial charge in [0.15, 0.2) is 0 Å². The highest BCUT2D eigenvalue weighted by Crippen LogP contribution is 2.29. The molecule has 0 saturated carbocycles. The molecular weight excluding hydrogens is 342 g/mol. The molecule has 24 heavy (non-hydrogen) atoms. The Balaban J connectivity index is 1.49. The van der Waals surface area contributed by atoms with Gasteiger partial charge in [0.25, 0.3) is 0 Å². The highest BCUT2D eigenvalue weighted by molar-refractivity contribution is 7.22. The van der Waals surface area contributed by atoms with E-state index in [0.29, 0.717) is 16.5 Å². The number of aromatic nitrogens is 1. The summed E-state index contributed by atoms with van der Waals surface area (Å²) < 4.78 is 6.88. The summed E-state index contributed by atoms with van der Waals surface area (Å²) in [5, 5.41) is 5.58. The largest absolute Gasteiger partial charge is 0.455 e. The van der Waals surface area contributed by atoms with E-state index in [9.17, 15) is 0 Å². The summed E-state index contributed by atoms with van der Waals surface area (Å²) in [6, 6.07) is 19.3. The number of halogens is 1. The fourth-order valence-electron chi connectivity index (χ4n) is 2.30. The first kappa shape index (κ1) is 14.9. The van der Waals surface area contributed by atoms with Crippen molar-refractivity contribution in [1.29, 1.82) is 0 Å². The van der Waals surface area contributed by atoms with Gasteiger partial charge in [-0.25, -0.2) is 4.98 Å². The van der Waals surface area contributed by atoms with E-state index in [2.05, 4.69) is 15.5 Å². The van der Waals surface area contributed by atoms with Gasteiger partial charge >= 0.3 is 0 Å². The summed E-state index contributed by atoms with van der Waals surface area (Å²) in [5.74, 6) is 1.35. The fourth-order valence-corrected chi connectivity index (χ4v) is 3.34. The first-order valence-corrected chi connectivity index (χ1v) is 8.48. The van der Waals surface area contributed by atoms with E-state index < -0.39 is 0 Å². The number of hydrogen-bond acceptors (Lipinski definition) is 5. The first-order valence-electron chi connectivity index (χ1n) is 7.29. The van der Waals surface area contributed by atoms with E-state index in [4.69, 9.17) is 16.0 Å². The van der Waals surface area contributed by atoms with Crippen LogP contribution in [0.15, 0.2) is 70.2 Å². The van der Waals surface area contributed by atoms with Crippen molar-refractivity contribution in [2.45, 2.75) is 0 Å². The monoisotopic (exact) mass is 353 g/mol. The molecule has 0 fully saturated rings. The number of nitrogens with one attached hydrogen (secondary N) is 1. The number of furan rings is 1. The number of anilines is 1. The number of nitrogens with zero attached hydrogens (tertiary/aromatic N) is 2. The highest BCUT2D eigenvalue weighted by atomic mass is 35.5. The van der Waals surface area contributed by atoms with E-state index in [1.54, 1.807) is 17.6 Å². The lowest BCUT2D eigenvalue weighted by molar-refractivity contribution is 0.575. The van der Waals surface area contributed by atoms with Crippen LogP contribution >= 0.6 is 22.9 Å². The number of hydrazone groups is 1. The number of rotatable bonds is 4. The van der Waals surface area contributed by atoms with Gasteiger partial charge in [0.2, 0.25) is 5.13 Å². The van der Waals surface area contributed by atoms with E-state index >= 15 is 0 Å². The molecule has 0 aliphatic heterocycles. The molecular formula is C18H12ClN3OS. The van der Waals surface area contributed by atoms with Crippen molar-refractivity contribution in [2.75, 3.05) is 5.43 Å². The van der Waals surface area contributed by atoms with Crippen LogP contribution in [-0.2, 0) is 0 Å². The molecule has 1 N–H and O–H groups in total. The Kier molecular flexibility index (Phi) is 4.02. The molecule has 4 nitrogen and oxygen atoms in total. The van der Waals surface area contributed by atoms with Crippen LogP contribution in [0, 0.1) is 0 Å². The van der Waals surface area contributed by atoms with E-state index in [-0.39, 0.29) is 0 Å². The summed E-state index contributed by atoms with van der Waals surface area (Å²) >= 11 is 7.73. The molecule has 0 unspecified atom stereocenters. The number of benzene rings is 2. The van der Waals surface area contributed by atoms with Gasteiger partial charge in [0.05, 0.1) is 21.5 Å². The van der Waals surface area contributed by atoms with E-state index in [0.717, 1.165) is 20.9 Å². The lowest BCUT2D eigenvalue weighted by Gasteiger charge is -1.98. The van der Waals surface area contributed by atoms with Crippen molar-refractivity contribution in [3.8, 4) is 11.3 Å². The van der Waals surface area contributed by atoms with Gasteiger partial charge in [0.1, 0.15) is 11.5 Å². The Labute approximate surface area is 147 Å². The van der Waals surface area contributed by atoms with E-state index in [1.807, 2.05) is 60.7 Å². The molecule has 0 amide bonds. The van der Waals surface area contributed by atoms with Crippen LogP contribution < -0.4 is 5.43 Å². The summed E-state index contributed by atoms with van der Waals surface area (Å²) in [4.78, 5) is 4.45. The standard InChI is InChI=1S/C18H12ClN3OS/c19-14-6-2-1-5-13(14)16-10-9-12(23-16)11-20-22-18-21-15-7-3-4-8-17(15)24-18/h1-11H,(H,21,22)/b20-11-. The molecule has 4 rings (SSSR count). The quantitative estimate of drug-likeness (QED) is 0.380. The summed E-state index contributed by atoms with van der Waals surface area (Å²) in [6.07, 6.45) is 1.62. The minimum absolute atomic E-state index is 0.638. The lowest BCUT2D eigenvalue weighted by Crippen LogP contribution is -1.88. The van der Waals surface area contributed by atoms with Gasteiger partial charge in [-0.3, -0.25) is 5.43 Å². The van der Waals surface area contributed by atoms with Crippen molar-refractivity contribution in [3.05, 3.63) is 71.4 Å². The van der Waals surface area contributed by atoms with Gasteiger partial charge in [0, 0.05) is 5.56 Å². The predicted molar refractivity (Wildman–Crippen MR) is 100.0 cm³/mol. The third kappa shape index (κ3) is 3.04. The number of thiazole rings is 1. The maximum absolute atomic E-state index is 6.18. The van der Waals surface area contributed by atoms with Crippen molar-refractivity contribution in [2.24, 2.45) is 5.10 Å². The van der Waals surface area contributed by atoms with Crippen LogP contribution in [0.4, 0.5) is 5.13 Å². The zero-order valence-corrected chi connectivity index (χ0v) is 14.0. The number of fused-ring (bicyclic) bond motifs is 1. The molecule has 2 aromatic carbocycles. The third-order valence-corrected chi connectivity index (χ3v) is 4.68. The van der Waals surface area contributed by atoms with Crippen molar-refractivity contribution < 1.29 is 4.42 Å². The minimum Gasteiger partial charge on any atom is -0.455 e. The molecule has 2 heterocycles.